The first-order valence-corrected chi connectivity index (χ1v) is 10.2. The van der Waals surface area contributed by atoms with Gasteiger partial charge in [-0.3, -0.25) is 10.1 Å². The molecule has 9 heteroatoms. The summed E-state index contributed by atoms with van der Waals surface area (Å²) in [6.45, 7) is 7.31. The number of rotatable bonds is 8. The Morgan fingerprint density at radius 3 is 2.74 bits per heavy atom. The van der Waals surface area contributed by atoms with Crippen molar-refractivity contribution in [3.63, 3.8) is 0 Å². The lowest BCUT2D eigenvalue weighted by molar-refractivity contribution is -0.117. The van der Waals surface area contributed by atoms with Gasteiger partial charge in [0, 0.05) is 23.7 Å². The van der Waals surface area contributed by atoms with E-state index >= 15 is 0 Å². The summed E-state index contributed by atoms with van der Waals surface area (Å²) < 4.78 is 1.91. The number of carbonyl (C=O) groups is 2. The van der Waals surface area contributed by atoms with Gasteiger partial charge in [0.2, 0.25) is 5.91 Å². The number of nitrogens with one attached hydrogen (secondary N) is 2. The van der Waals surface area contributed by atoms with E-state index in [1.165, 1.54) is 11.8 Å². The Labute approximate surface area is 168 Å². The highest BCUT2D eigenvalue weighted by atomic mass is 35.5. The highest BCUT2D eigenvalue weighted by molar-refractivity contribution is 7.99. The molecule has 0 saturated heterocycles. The van der Waals surface area contributed by atoms with Gasteiger partial charge in [-0.1, -0.05) is 49.3 Å². The molecule has 0 spiro atoms. The molecule has 2 aromatic rings. The summed E-state index contributed by atoms with van der Waals surface area (Å²) in [4.78, 5) is 23.7. The van der Waals surface area contributed by atoms with Crippen molar-refractivity contribution >= 4 is 35.3 Å². The van der Waals surface area contributed by atoms with E-state index in [0.29, 0.717) is 35.0 Å². The van der Waals surface area contributed by atoms with Crippen molar-refractivity contribution in [1.29, 1.82) is 0 Å². The van der Waals surface area contributed by atoms with Crippen LogP contribution in [0.4, 0.5) is 4.79 Å². The second kappa shape index (κ2) is 10.3. The van der Waals surface area contributed by atoms with E-state index in [2.05, 4.69) is 34.7 Å². The summed E-state index contributed by atoms with van der Waals surface area (Å²) >= 11 is 7.28. The first-order chi connectivity index (χ1) is 12.9. The number of aromatic nitrogens is 3. The van der Waals surface area contributed by atoms with E-state index in [1.807, 2.05) is 29.7 Å². The van der Waals surface area contributed by atoms with E-state index in [-0.39, 0.29) is 11.7 Å². The van der Waals surface area contributed by atoms with Crippen LogP contribution >= 0.6 is 23.4 Å². The van der Waals surface area contributed by atoms with E-state index in [0.717, 1.165) is 12.0 Å². The van der Waals surface area contributed by atoms with Crippen LogP contribution in [0.1, 0.15) is 27.2 Å². The minimum absolute atomic E-state index is 0.0747. The number of benzene rings is 1. The van der Waals surface area contributed by atoms with Crippen molar-refractivity contribution in [1.82, 2.24) is 25.4 Å². The van der Waals surface area contributed by atoms with Crippen molar-refractivity contribution in [2.75, 3.05) is 12.3 Å². The Bertz CT molecular complexity index is 794. The molecular weight excluding hydrogens is 386 g/mol. The number of halogens is 1. The second-order valence-corrected chi connectivity index (χ2v) is 7.71. The number of amides is 3. The normalized spacial score (nSPS) is 10.9. The molecule has 0 bridgehead atoms. The van der Waals surface area contributed by atoms with Crippen molar-refractivity contribution < 1.29 is 9.59 Å². The van der Waals surface area contributed by atoms with Crippen LogP contribution in [0.5, 0.6) is 0 Å². The first kappa shape index (κ1) is 21.2. The lowest BCUT2D eigenvalue weighted by atomic mass is 10.1. The van der Waals surface area contributed by atoms with Gasteiger partial charge >= 0.3 is 6.03 Å². The summed E-state index contributed by atoms with van der Waals surface area (Å²) in [6, 6.07) is 6.90. The molecule has 0 fully saturated rings. The second-order valence-electron chi connectivity index (χ2n) is 6.34. The minimum Gasteiger partial charge on any atom is -0.338 e. The van der Waals surface area contributed by atoms with Crippen LogP contribution < -0.4 is 10.6 Å². The molecule has 2 N–H and O–H groups in total. The third-order valence-corrected chi connectivity index (χ3v) is 4.91. The van der Waals surface area contributed by atoms with Crippen LogP contribution in [-0.2, 0) is 11.3 Å². The number of imide groups is 1. The predicted octanol–water partition coefficient (Wildman–Crippen LogP) is 3.58. The van der Waals surface area contributed by atoms with Gasteiger partial charge in [-0.2, -0.15) is 0 Å². The van der Waals surface area contributed by atoms with Crippen molar-refractivity contribution in [3.8, 4) is 11.4 Å². The highest BCUT2D eigenvalue weighted by Crippen LogP contribution is 2.25. The molecule has 27 heavy (non-hydrogen) atoms. The molecule has 0 saturated carbocycles. The third-order valence-electron chi connectivity index (χ3n) is 3.71. The molecule has 7 nitrogen and oxygen atoms in total. The molecule has 0 radical (unpaired) electrons. The molecular formula is C18H24ClN5O2S. The van der Waals surface area contributed by atoms with E-state index in [4.69, 9.17) is 11.6 Å². The highest BCUT2D eigenvalue weighted by Gasteiger charge is 2.15. The number of nitrogens with zero attached hydrogens (tertiary/aromatic N) is 3. The Balaban J connectivity index is 1.92. The van der Waals surface area contributed by atoms with Gasteiger partial charge in [-0.15, -0.1) is 10.2 Å². The average molecular weight is 410 g/mol. The monoisotopic (exact) mass is 409 g/mol. The maximum atomic E-state index is 12.0. The topological polar surface area (TPSA) is 88.9 Å². The van der Waals surface area contributed by atoms with Gasteiger partial charge in [0.25, 0.3) is 0 Å². The standard InChI is InChI=1S/C18H24ClN5O2S/c1-4-24-16(13-6-5-7-14(19)10-13)22-23-18(24)27-11-15(25)21-17(26)20-9-8-12(2)3/h5-7,10,12H,4,8-9,11H2,1-3H3,(H2,20,21,25,26). The summed E-state index contributed by atoms with van der Waals surface area (Å²) in [6.07, 6.45) is 0.863. The molecule has 2 rings (SSSR count). The molecule has 0 aliphatic heterocycles. The molecule has 1 heterocycles. The molecule has 1 aromatic carbocycles. The fourth-order valence-corrected chi connectivity index (χ4v) is 3.33. The molecule has 1 aromatic heterocycles. The largest absolute Gasteiger partial charge is 0.338 e. The summed E-state index contributed by atoms with van der Waals surface area (Å²) in [5, 5.41) is 14.6. The number of urea groups is 1. The smallest absolute Gasteiger partial charge is 0.321 e. The summed E-state index contributed by atoms with van der Waals surface area (Å²) in [5.74, 6) is 0.877. The number of hydrogen-bond donors (Lipinski definition) is 2. The van der Waals surface area contributed by atoms with Gasteiger partial charge in [0.05, 0.1) is 5.75 Å². The minimum atomic E-state index is -0.474. The van der Waals surface area contributed by atoms with Gasteiger partial charge in [0.1, 0.15) is 0 Å². The molecule has 0 atom stereocenters. The molecule has 3 amide bonds. The van der Waals surface area contributed by atoms with E-state index in [1.54, 1.807) is 6.07 Å². The fourth-order valence-electron chi connectivity index (χ4n) is 2.33. The average Bonchev–Trinajstić information content (AvgIpc) is 3.02. The predicted molar refractivity (Wildman–Crippen MR) is 108 cm³/mol. The Morgan fingerprint density at radius 2 is 2.07 bits per heavy atom. The van der Waals surface area contributed by atoms with Crippen LogP contribution in [-0.4, -0.2) is 39.0 Å². The number of hydrogen-bond acceptors (Lipinski definition) is 5. The molecule has 0 aliphatic rings. The van der Waals surface area contributed by atoms with Crippen LogP contribution in [0.3, 0.4) is 0 Å². The van der Waals surface area contributed by atoms with Crippen molar-refractivity contribution in [2.24, 2.45) is 5.92 Å². The van der Waals surface area contributed by atoms with Crippen LogP contribution in [0, 0.1) is 5.92 Å². The van der Waals surface area contributed by atoms with Crippen LogP contribution in [0.2, 0.25) is 5.02 Å². The Morgan fingerprint density at radius 1 is 1.30 bits per heavy atom. The number of thioether (sulfide) groups is 1. The van der Waals surface area contributed by atoms with Crippen molar-refractivity contribution in [2.45, 2.75) is 38.9 Å². The van der Waals surface area contributed by atoms with Crippen molar-refractivity contribution in [3.05, 3.63) is 29.3 Å². The quantitative estimate of drug-likeness (QED) is 0.650. The lowest BCUT2D eigenvalue weighted by Gasteiger charge is -2.09. The third kappa shape index (κ3) is 6.55. The molecule has 0 unspecified atom stereocenters. The number of carbonyl (C=O) groups excluding carboxylic acids is 2. The molecule has 0 aliphatic carbocycles. The first-order valence-electron chi connectivity index (χ1n) is 8.80. The van der Waals surface area contributed by atoms with Gasteiger partial charge in [-0.25, -0.2) is 4.79 Å². The SMILES string of the molecule is CCn1c(SCC(=O)NC(=O)NCCC(C)C)nnc1-c1cccc(Cl)c1. The zero-order valence-electron chi connectivity index (χ0n) is 15.7. The Hall–Kier alpha value is -2.06. The summed E-state index contributed by atoms with van der Waals surface area (Å²) in [7, 11) is 0. The van der Waals surface area contributed by atoms with Gasteiger partial charge in [0.15, 0.2) is 11.0 Å². The van der Waals surface area contributed by atoms with Gasteiger partial charge < -0.3 is 9.88 Å². The molecule has 146 valence electrons. The van der Waals surface area contributed by atoms with Crippen LogP contribution in [0.25, 0.3) is 11.4 Å². The van der Waals surface area contributed by atoms with E-state index in [9.17, 15) is 9.59 Å². The Kier molecular flexibility index (Phi) is 8.12. The zero-order chi connectivity index (χ0) is 19.8. The van der Waals surface area contributed by atoms with Gasteiger partial charge in [-0.05, 0) is 31.4 Å². The van der Waals surface area contributed by atoms with Crippen LogP contribution in [0.15, 0.2) is 29.4 Å². The summed E-state index contributed by atoms with van der Waals surface area (Å²) in [5.41, 5.74) is 0.859. The zero-order valence-corrected chi connectivity index (χ0v) is 17.2. The lowest BCUT2D eigenvalue weighted by Crippen LogP contribution is -2.40. The van der Waals surface area contributed by atoms with E-state index < -0.39 is 6.03 Å². The fraction of sp³-hybridized carbons (Fsp3) is 0.444. The maximum absolute atomic E-state index is 12.0. The maximum Gasteiger partial charge on any atom is 0.321 e.